The monoisotopic (exact) mass is 238 g/mol. The fourth-order valence-corrected chi connectivity index (χ4v) is 2.51. The Morgan fingerprint density at radius 3 is 2.89 bits per heavy atom. The van der Waals surface area contributed by atoms with Gasteiger partial charge in [0, 0.05) is 0 Å². The number of aromatic amines is 1. The van der Waals surface area contributed by atoms with Crippen LogP contribution < -0.4 is 0 Å². The molecule has 0 amide bonds. The van der Waals surface area contributed by atoms with Crippen molar-refractivity contribution in [2.75, 3.05) is 0 Å². The van der Waals surface area contributed by atoms with Crippen molar-refractivity contribution < 1.29 is 0 Å². The summed E-state index contributed by atoms with van der Waals surface area (Å²) in [6.07, 6.45) is 7.95. The first kappa shape index (κ1) is 11.3. The second-order valence-electron chi connectivity index (χ2n) is 5.75. The van der Waals surface area contributed by atoms with E-state index in [4.69, 9.17) is 0 Å². The Morgan fingerprint density at radius 1 is 1.28 bits per heavy atom. The molecular formula is C16H18N2. The third-order valence-corrected chi connectivity index (χ3v) is 3.42. The molecule has 1 heterocycles. The first-order valence-electron chi connectivity index (χ1n) is 6.40. The Morgan fingerprint density at radius 2 is 2.11 bits per heavy atom. The van der Waals surface area contributed by atoms with Crippen LogP contribution in [0.25, 0.3) is 16.6 Å². The van der Waals surface area contributed by atoms with E-state index in [1.807, 2.05) is 6.92 Å². The van der Waals surface area contributed by atoms with Crippen molar-refractivity contribution in [2.24, 2.45) is 5.41 Å². The van der Waals surface area contributed by atoms with Crippen LogP contribution in [0, 0.1) is 12.3 Å². The largest absolute Gasteiger partial charge is 0.342 e. The zero-order valence-corrected chi connectivity index (χ0v) is 11.1. The molecule has 0 radical (unpaired) electrons. The molecule has 0 aliphatic heterocycles. The molecule has 0 spiro atoms. The zero-order chi connectivity index (χ0) is 12.8. The summed E-state index contributed by atoms with van der Waals surface area (Å²) in [4.78, 5) is 7.73. The first-order valence-corrected chi connectivity index (χ1v) is 6.40. The molecule has 1 aromatic heterocycles. The topological polar surface area (TPSA) is 28.7 Å². The SMILES string of the molecule is Cc1nc2ccc(C3=CC(C)(C)CC=C3)cc2[nH]1. The summed E-state index contributed by atoms with van der Waals surface area (Å²) in [5.74, 6) is 0.968. The number of nitrogens with one attached hydrogen (secondary N) is 1. The molecule has 2 nitrogen and oxygen atoms in total. The number of aromatic nitrogens is 2. The lowest BCUT2D eigenvalue weighted by molar-refractivity contribution is 0.486. The standard InChI is InChI=1S/C16H18N2/c1-11-17-14-7-6-12(9-15(14)18-11)13-5-4-8-16(2,3)10-13/h4-7,9-10H,8H2,1-3H3,(H,17,18). The van der Waals surface area contributed by atoms with E-state index in [1.165, 1.54) is 11.1 Å². The summed E-state index contributed by atoms with van der Waals surface area (Å²) in [5, 5.41) is 0. The lowest BCUT2D eigenvalue weighted by atomic mass is 9.82. The maximum atomic E-state index is 4.43. The molecule has 3 rings (SSSR count). The highest BCUT2D eigenvalue weighted by molar-refractivity contribution is 5.84. The number of rotatable bonds is 1. The number of allylic oxidation sites excluding steroid dienone is 4. The molecular weight excluding hydrogens is 220 g/mol. The second-order valence-corrected chi connectivity index (χ2v) is 5.75. The molecule has 1 aromatic carbocycles. The van der Waals surface area contributed by atoms with Crippen molar-refractivity contribution in [1.29, 1.82) is 0 Å². The van der Waals surface area contributed by atoms with Gasteiger partial charge in [-0.1, -0.05) is 38.1 Å². The summed E-state index contributed by atoms with van der Waals surface area (Å²) in [6.45, 7) is 6.54. The zero-order valence-electron chi connectivity index (χ0n) is 11.1. The summed E-state index contributed by atoms with van der Waals surface area (Å²) >= 11 is 0. The van der Waals surface area contributed by atoms with Crippen LogP contribution in [0.2, 0.25) is 0 Å². The number of aryl methyl sites for hydroxylation is 1. The molecule has 0 saturated carbocycles. The smallest absolute Gasteiger partial charge is 0.104 e. The predicted octanol–water partition coefficient (Wildman–Crippen LogP) is 4.24. The van der Waals surface area contributed by atoms with E-state index in [0.29, 0.717) is 0 Å². The van der Waals surface area contributed by atoms with Gasteiger partial charge in [0.2, 0.25) is 0 Å². The van der Waals surface area contributed by atoms with E-state index in [2.05, 4.69) is 60.2 Å². The minimum atomic E-state index is 0.253. The molecule has 92 valence electrons. The van der Waals surface area contributed by atoms with E-state index in [0.717, 1.165) is 23.3 Å². The third-order valence-electron chi connectivity index (χ3n) is 3.42. The van der Waals surface area contributed by atoms with Crippen molar-refractivity contribution in [2.45, 2.75) is 27.2 Å². The van der Waals surface area contributed by atoms with Gasteiger partial charge in [0.05, 0.1) is 11.0 Å². The van der Waals surface area contributed by atoms with Crippen molar-refractivity contribution in [1.82, 2.24) is 9.97 Å². The Bertz CT molecular complexity index is 657. The number of hydrogen-bond donors (Lipinski definition) is 1. The van der Waals surface area contributed by atoms with Crippen LogP contribution in [-0.4, -0.2) is 9.97 Å². The number of imidazole rings is 1. The van der Waals surface area contributed by atoms with Gasteiger partial charge in [0.25, 0.3) is 0 Å². The minimum absolute atomic E-state index is 0.253. The highest BCUT2D eigenvalue weighted by Gasteiger charge is 2.17. The van der Waals surface area contributed by atoms with Gasteiger partial charge in [-0.15, -0.1) is 0 Å². The number of fused-ring (bicyclic) bond motifs is 1. The highest BCUT2D eigenvalue weighted by Crippen LogP contribution is 2.33. The molecule has 0 atom stereocenters. The average molecular weight is 238 g/mol. The molecule has 18 heavy (non-hydrogen) atoms. The van der Waals surface area contributed by atoms with Crippen LogP contribution >= 0.6 is 0 Å². The highest BCUT2D eigenvalue weighted by atomic mass is 14.9. The second kappa shape index (κ2) is 3.84. The van der Waals surface area contributed by atoms with Crippen LogP contribution in [0.3, 0.4) is 0 Å². The van der Waals surface area contributed by atoms with Crippen LogP contribution in [0.1, 0.15) is 31.7 Å². The van der Waals surface area contributed by atoms with E-state index < -0.39 is 0 Å². The Balaban J connectivity index is 2.09. The molecule has 0 bridgehead atoms. The van der Waals surface area contributed by atoms with Gasteiger partial charge < -0.3 is 4.98 Å². The molecule has 0 saturated heterocycles. The summed E-state index contributed by atoms with van der Waals surface area (Å²) < 4.78 is 0. The fraction of sp³-hybridized carbons (Fsp3) is 0.312. The van der Waals surface area contributed by atoms with E-state index >= 15 is 0 Å². The Labute approximate surface area is 107 Å². The number of benzene rings is 1. The number of H-pyrrole nitrogens is 1. The van der Waals surface area contributed by atoms with Crippen LogP contribution in [0.4, 0.5) is 0 Å². The van der Waals surface area contributed by atoms with Crippen molar-refractivity contribution >= 4 is 16.6 Å². The van der Waals surface area contributed by atoms with Gasteiger partial charge in [-0.05, 0) is 42.0 Å². The van der Waals surface area contributed by atoms with Gasteiger partial charge in [-0.3, -0.25) is 0 Å². The van der Waals surface area contributed by atoms with E-state index in [9.17, 15) is 0 Å². The van der Waals surface area contributed by atoms with Gasteiger partial charge in [-0.25, -0.2) is 4.98 Å². The third kappa shape index (κ3) is 1.99. The predicted molar refractivity (Wildman–Crippen MR) is 76.3 cm³/mol. The summed E-state index contributed by atoms with van der Waals surface area (Å²) in [7, 11) is 0. The van der Waals surface area contributed by atoms with Crippen molar-refractivity contribution in [3.05, 3.63) is 47.8 Å². The summed E-state index contributed by atoms with van der Waals surface area (Å²) in [6, 6.07) is 6.43. The number of nitrogens with zero attached hydrogens (tertiary/aromatic N) is 1. The maximum Gasteiger partial charge on any atom is 0.104 e. The normalized spacial score (nSPS) is 18.1. The van der Waals surface area contributed by atoms with Gasteiger partial charge in [-0.2, -0.15) is 0 Å². The number of hydrogen-bond acceptors (Lipinski definition) is 1. The summed E-state index contributed by atoms with van der Waals surface area (Å²) in [5.41, 5.74) is 4.97. The maximum absolute atomic E-state index is 4.43. The van der Waals surface area contributed by atoms with Crippen molar-refractivity contribution in [3.8, 4) is 0 Å². The first-order chi connectivity index (χ1) is 8.53. The Kier molecular flexibility index (Phi) is 2.40. The van der Waals surface area contributed by atoms with E-state index in [-0.39, 0.29) is 5.41 Å². The van der Waals surface area contributed by atoms with Gasteiger partial charge in [0.15, 0.2) is 0 Å². The average Bonchev–Trinajstić information content (AvgIpc) is 2.66. The lowest BCUT2D eigenvalue weighted by Gasteiger charge is -2.23. The molecule has 0 fully saturated rings. The molecule has 1 aliphatic rings. The molecule has 2 heteroatoms. The van der Waals surface area contributed by atoms with Crippen LogP contribution in [0.5, 0.6) is 0 Å². The lowest BCUT2D eigenvalue weighted by Crippen LogP contribution is -2.09. The van der Waals surface area contributed by atoms with Crippen LogP contribution in [-0.2, 0) is 0 Å². The molecule has 0 unspecified atom stereocenters. The van der Waals surface area contributed by atoms with E-state index in [1.54, 1.807) is 0 Å². The molecule has 1 aliphatic carbocycles. The minimum Gasteiger partial charge on any atom is -0.342 e. The fourth-order valence-electron chi connectivity index (χ4n) is 2.51. The van der Waals surface area contributed by atoms with Gasteiger partial charge >= 0.3 is 0 Å². The van der Waals surface area contributed by atoms with Crippen molar-refractivity contribution in [3.63, 3.8) is 0 Å². The molecule has 1 N–H and O–H groups in total. The quantitative estimate of drug-likeness (QED) is 0.790. The Hall–Kier alpha value is -1.83. The van der Waals surface area contributed by atoms with Crippen LogP contribution in [0.15, 0.2) is 36.4 Å². The van der Waals surface area contributed by atoms with Gasteiger partial charge in [0.1, 0.15) is 5.82 Å². The molecule has 2 aromatic rings.